The first-order chi connectivity index (χ1) is 6.65. The molecule has 0 aliphatic heterocycles. The normalized spacial score (nSPS) is 17.5. The second kappa shape index (κ2) is 5.29. The van der Waals surface area contributed by atoms with Gasteiger partial charge in [0.1, 0.15) is 0 Å². The number of nitrogens with two attached hydrogens (primary N) is 1. The lowest BCUT2D eigenvalue weighted by Crippen LogP contribution is -2.38. The third-order valence-corrected chi connectivity index (χ3v) is 2.78. The Kier molecular flexibility index (Phi) is 4.32. The van der Waals surface area contributed by atoms with Crippen LogP contribution >= 0.6 is 12.2 Å². The standard InChI is InChI=1S/C10H18N2OS/c1-2-3-8(9(11)14)10(13)12-6-7-4-5-7/h7-8H,2-6H2,1H3,(H2,11,14)(H,12,13). The second-order valence-electron chi connectivity index (χ2n) is 3.93. The Morgan fingerprint density at radius 2 is 2.29 bits per heavy atom. The van der Waals surface area contributed by atoms with Crippen LogP contribution < -0.4 is 11.1 Å². The van der Waals surface area contributed by atoms with Crippen molar-refractivity contribution in [3.05, 3.63) is 0 Å². The van der Waals surface area contributed by atoms with Crippen molar-refractivity contribution in [2.45, 2.75) is 32.6 Å². The highest BCUT2D eigenvalue weighted by atomic mass is 32.1. The molecule has 0 bridgehead atoms. The molecule has 0 aromatic rings. The summed E-state index contributed by atoms with van der Waals surface area (Å²) >= 11 is 4.87. The molecule has 1 amide bonds. The smallest absolute Gasteiger partial charge is 0.229 e. The van der Waals surface area contributed by atoms with Crippen molar-refractivity contribution >= 4 is 23.1 Å². The average molecular weight is 214 g/mol. The van der Waals surface area contributed by atoms with Gasteiger partial charge in [0.2, 0.25) is 5.91 Å². The highest BCUT2D eigenvalue weighted by molar-refractivity contribution is 7.80. The van der Waals surface area contributed by atoms with Crippen molar-refractivity contribution in [2.75, 3.05) is 6.54 Å². The summed E-state index contributed by atoms with van der Waals surface area (Å²) in [5.41, 5.74) is 5.52. The molecule has 1 unspecified atom stereocenters. The van der Waals surface area contributed by atoms with Crippen LogP contribution in [0.5, 0.6) is 0 Å². The highest BCUT2D eigenvalue weighted by Crippen LogP contribution is 2.27. The molecule has 1 saturated carbocycles. The molecule has 1 atom stereocenters. The van der Waals surface area contributed by atoms with Crippen LogP contribution in [0.4, 0.5) is 0 Å². The zero-order valence-corrected chi connectivity index (χ0v) is 9.40. The molecule has 3 nitrogen and oxygen atoms in total. The summed E-state index contributed by atoms with van der Waals surface area (Å²) in [6, 6.07) is 0. The predicted molar refractivity (Wildman–Crippen MR) is 60.9 cm³/mol. The Labute approximate surface area is 90.4 Å². The van der Waals surface area contributed by atoms with Gasteiger partial charge in [-0.2, -0.15) is 0 Å². The molecule has 3 N–H and O–H groups in total. The first-order valence-electron chi connectivity index (χ1n) is 5.22. The van der Waals surface area contributed by atoms with Crippen LogP contribution in [0.1, 0.15) is 32.6 Å². The van der Waals surface area contributed by atoms with E-state index in [1.54, 1.807) is 0 Å². The molecular formula is C10H18N2OS. The molecule has 0 radical (unpaired) electrons. The summed E-state index contributed by atoms with van der Waals surface area (Å²) in [4.78, 5) is 11.9. The summed E-state index contributed by atoms with van der Waals surface area (Å²) < 4.78 is 0. The van der Waals surface area contributed by atoms with Gasteiger partial charge in [-0.05, 0) is 25.2 Å². The molecule has 1 rings (SSSR count). The van der Waals surface area contributed by atoms with E-state index in [-0.39, 0.29) is 11.8 Å². The number of nitrogens with one attached hydrogen (secondary N) is 1. The van der Waals surface area contributed by atoms with Gasteiger partial charge in [-0.15, -0.1) is 0 Å². The molecular weight excluding hydrogens is 196 g/mol. The maximum atomic E-state index is 11.6. The van der Waals surface area contributed by atoms with Gasteiger partial charge in [-0.25, -0.2) is 0 Å². The average Bonchev–Trinajstić information content (AvgIpc) is 2.93. The van der Waals surface area contributed by atoms with Crippen molar-refractivity contribution in [3.8, 4) is 0 Å². The predicted octanol–water partition coefficient (Wildman–Crippen LogP) is 1.22. The van der Waals surface area contributed by atoms with Crippen LogP contribution in [-0.4, -0.2) is 17.4 Å². The summed E-state index contributed by atoms with van der Waals surface area (Å²) in [7, 11) is 0. The number of carbonyl (C=O) groups is 1. The summed E-state index contributed by atoms with van der Waals surface area (Å²) in [5.74, 6) is 0.438. The number of hydrogen-bond acceptors (Lipinski definition) is 2. The minimum atomic E-state index is -0.270. The van der Waals surface area contributed by atoms with Gasteiger partial charge in [0.15, 0.2) is 0 Å². The van der Waals surface area contributed by atoms with E-state index in [4.69, 9.17) is 18.0 Å². The number of amides is 1. The van der Waals surface area contributed by atoms with E-state index in [0.29, 0.717) is 10.9 Å². The lowest BCUT2D eigenvalue weighted by Gasteiger charge is -2.14. The van der Waals surface area contributed by atoms with Gasteiger partial charge < -0.3 is 11.1 Å². The third-order valence-electron chi connectivity index (χ3n) is 2.50. The third kappa shape index (κ3) is 3.62. The topological polar surface area (TPSA) is 55.1 Å². The Balaban J connectivity index is 2.32. The van der Waals surface area contributed by atoms with E-state index < -0.39 is 0 Å². The van der Waals surface area contributed by atoms with Crippen LogP contribution in [0.3, 0.4) is 0 Å². The molecule has 0 saturated heterocycles. The fraction of sp³-hybridized carbons (Fsp3) is 0.800. The van der Waals surface area contributed by atoms with Gasteiger partial charge in [0, 0.05) is 6.54 Å². The lowest BCUT2D eigenvalue weighted by molar-refractivity contribution is -0.123. The van der Waals surface area contributed by atoms with Crippen molar-refractivity contribution in [3.63, 3.8) is 0 Å². The molecule has 0 aromatic carbocycles. The van der Waals surface area contributed by atoms with Crippen molar-refractivity contribution < 1.29 is 4.79 Å². The Bertz CT molecular complexity index is 226. The number of hydrogen-bond donors (Lipinski definition) is 2. The Morgan fingerprint density at radius 1 is 1.64 bits per heavy atom. The van der Waals surface area contributed by atoms with E-state index >= 15 is 0 Å². The van der Waals surface area contributed by atoms with E-state index in [1.165, 1.54) is 12.8 Å². The molecule has 0 heterocycles. The SMILES string of the molecule is CCCC(C(=O)NCC1CC1)C(N)=S. The molecule has 4 heteroatoms. The van der Waals surface area contributed by atoms with E-state index in [2.05, 4.69) is 5.32 Å². The largest absolute Gasteiger partial charge is 0.393 e. The molecule has 0 aromatic heterocycles. The van der Waals surface area contributed by atoms with Crippen LogP contribution in [-0.2, 0) is 4.79 Å². The number of thiocarbonyl (C=S) groups is 1. The molecule has 80 valence electrons. The van der Waals surface area contributed by atoms with Crippen molar-refractivity contribution in [1.29, 1.82) is 0 Å². The van der Waals surface area contributed by atoms with Crippen LogP contribution in [0.25, 0.3) is 0 Å². The van der Waals surface area contributed by atoms with Gasteiger partial charge in [-0.1, -0.05) is 25.6 Å². The molecule has 14 heavy (non-hydrogen) atoms. The molecule has 1 fully saturated rings. The molecule has 1 aliphatic rings. The maximum Gasteiger partial charge on any atom is 0.229 e. The van der Waals surface area contributed by atoms with Crippen molar-refractivity contribution in [2.24, 2.45) is 17.6 Å². The number of rotatable bonds is 6. The fourth-order valence-corrected chi connectivity index (χ4v) is 1.61. The quantitative estimate of drug-likeness (QED) is 0.654. The van der Waals surface area contributed by atoms with Gasteiger partial charge in [0.05, 0.1) is 10.9 Å². The summed E-state index contributed by atoms with van der Waals surface area (Å²) in [5, 5.41) is 2.90. The highest BCUT2D eigenvalue weighted by Gasteiger charge is 2.25. The lowest BCUT2D eigenvalue weighted by atomic mass is 10.0. The summed E-state index contributed by atoms with van der Waals surface area (Å²) in [6.45, 7) is 2.82. The molecule has 0 spiro atoms. The monoisotopic (exact) mass is 214 g/mol. The molecule has 1 aliphatic carbocycles. The minimum Gasteiger partial charge on any atom is -0.393 e. The Morgan fingerprint density at radius 3 is 2.71 bits per heavy atom. The van der Waals surface area contributed by atoms with E-state index in [0.717, 1.165) is 19.4 Å². The zero-order chi connectivity index (χ0) is 10.6. The van der Waals surface area contributed by atoms with Crippen molar-refractivity contribution in [1.82, 2.24) is 5.32 Å². The first-order valence-corrected chi connectivity index (χ1v) is 5.63. The maximum absolute atomic E-state index is 11.6. The van der Waals surface area contributed by atoms with E-state index in [1.807, 2.05) is 6.92 Å². The first kappa shape index (κ1) is 11.4. The number of carbonyl (C=O) groups excluding carboxylic acids is 1. The Hall–Kier alpha value is -0.640. The van der Waals surface area contributed by atoms with E-state index in [9.17, 15) is 4.79 Å². The second-order valence-corrected chi connectivity index (χ2v) is 4.40. The van der Waals surface area contributed by atoms with Gasteiger partial charge in [-0.3, -0.25) is 4.79 Å². The minimum absolute atomic E-state index is 0.00579. The van der Waals surface area contributed by atoms with Crippen LogP contribution in [0, 0.1) is 11.8 Å². The van der Waals surface area contributed by atoms with Gasteiger partial charge >= 0.3 is 0 Å². The van der Waals surface area contributed by atoms with Gasteiger partial charge in [0.25, 0.3) is 0 Å². The zero-order valence-electron chi connectivity index (χ0n) is 8.58. The fourth-order valence-electron chi connectivity index (χ4n) is 1.38. The summed E-state index contributed by atoms with van der Waals surface area (Å²) in [6.07, 6.45) is 4.17. The van der Waals surface area contributed by atoms with Crippen LogP contribution in [0.15, 0.2) is 0 Å². The van der Waals surface area contributed by atoms with Crippen LogP contribution in [0.2, 0.25) is 0 Å².